The lowest BCUT2D eigenvalue weighted by atomic mass is 10.1. The van der Waals surface area contributed by atoms with Gasteiger partial charge in [0, 0.05) is 11.9 Å². The Morgan fingerprint density at radius 1 is 1.20 bits per heavy atom. The number of esters is 1. The van der Waals surface area contributed by atoms with Crippen molar-refractivity contribution in [1.82, 2.24) is 14.8 Å². The van der Waals surface area contributed by atoms with Gasteiger partial charge in [0.2, 0.25) is 0 Å². The second-order valence-corrected chi connectivity index (χ2v) is 5.95. The molecule has 0 spiro atoms. The summed E-state index contributed by atoms with van der Waals surface area (Å²) < 4.78 is 7.02. The van der Waals surface area contributed by atoms with Crippen molar-refractivity contribution < 1.29 is 14.3 Å². The van der Waals surface area contributed by atoms with Crippen LogP contribution in [0.15, 0.2) is 42.6 Å². The third kappa shape index (κ3) is 3.38. The molecular weight excluding hydrogens is 318 g/mol. The smallest absolute Gasteiger partial charge is 0.325 e. The lowest BCUT2D eigenvalue weighted by Gasteiger charge is -2.29. The van der Waals surface area contributed by atoms with Crippen molar-refractivity contribution >= 4 is 12.0 Å². The summed E-state index contributed by atoms with van der Waals surface area (Å²) in [7, 11) is 0. The standard InChI is InChI=1S/C19H23N3O3/c1-3-15-17-10-7-11-21(17)16-9-6-5-8-14(16)13-22(15)19(24)20-12-18(23)25-4-2/h5-11,15H,3-4,12-13H2,1-2H3,(H,20,24). The topological polar surface area (TPSA) is 63.6 Å². The number of hydrogen-bond acceptors (Lipinski definition) is 3. The van der Waals surface area contributed by atoms with Crippen LogP contribution in [0.25, 0.3) is 5.69 Å². The molecule has 132 valence electrons. The Kier molecular flexibility index (Phi) is 5.07. The van der Waals surface area contributed by atoms with Crippen LogP contribution in [0.4, 0.5) is 4.79 Å². The molecule has 1 aromatic carbocycles. The average molecular weight is 341 g/mol. The molecule has 2 aromatic rings. The van der Waals surface area contributed by atoms with Crippen LogP contribution >= 0.6 is 0 Å². The van der Waals surface area contributed by atoms with Gasteiger partial charge in [-0.05, 0) is 37.1 Å². The molecule has 25 heavy (non-hydrogen) atoms. The highest BCUT2D eigenvalue weighted by Crippen LogP contribution is 2.33. The second kappa shape index (κ2) is 7.42. The third-order valence-electron chi connectivity index (χ3n) is 4.43. The number of fused-ring (bicyclic) bond motifs is 3. The molecule has 3 rings (SSSR count). The minimum Gasteiger partial charge on any atom is -0.465 e. The van der Waals surface area contributed by atoms with E-state index in [1.54, 1.807) is 11.8 Å². The molecule has 0 radical (unpaired) electrons. The quantitative estimate of drug-likeness (QED) is 0.870. The lowest BCUT2D eigenvalue weighted by Crippen LogP contribution is -2.43. The van der Waals surface area contributed by atoms with Crippen LogP contribution in [-0.4, -0.2) is 34.6 Å². The fourth-order valence-electron chi connectivity index (χ4n) is 3.32. The molecule has 2 amide bonds. The second-order valence-electron chi connectivity index (χ2n) is 5.95. The van der Waals surface area contributed by atoms with Crippen LogP contribution in [0.3, 0.4) is 0 Å². The Bertz CT molecular complexity index is 769. The molecule has 1 aliphatic rings. The Hall–Kier alpha value is -2.76. The van der Waals surface area contributed by atoms with Crippen molar-refractivity contribution in [3.8, 4) is 5.69 Å². The number of rotatable bonds is 4. The number of ether oxygens (including phenoxy) is 1. The zero-order valence-corrected chi connectivity index (χ0v) is 14.6. The molecule has 1 aromatic heterocycles. The highest BCUT2D eigenvalue weighted by Gasteiger charge is 2.30. The number of aromatic nitrogens is 1. The molecule has 0 saturated carbocycles. The van der Waals surface area contributed by atoms with Crippen LogP contribution < -0.4 is 5.32 Å². The van der Waals surface area contributed by atoms with Crippen LogP contribution in [0.1, 0.15) is 37.6 Å². The molecule has 6 nitrogen and oxygen atoms in total. The summed E-state index contributed by atoms with van der Waals surface area (Å²) in [6, 6.07) is 11.8. The van der Waals surface area contributed by atoms with Gasteiger partial charge in [0.1, 0.15) is 6.54 Å². The van der Waals surface area contributed by atoms with Gasteiger partial charge in [-0.15, -0.1) is 0 Å². The predicted molar refractivity (Wildman–Crippen MR) is 94.4 cm³/mol. The number of carbonyl (C=O) groups is 2. The molecular formula is C19H23N3O3. The van der Waals surface area contributed by atoms with Crippen molar-refractivity contribution in [2.24, 2.45) is 0 Å². The number of nitrogens with one attached hydrogen (secondary N) is 1. The third-order valence-corrected chi connectivity index (χ3v) is 4.43. The first kappa shape index (κ1) is 17.1. The van der Waals surface area contributed by atoms with E-state index < -0.39 is 5.97 Å². The summed E-state index contributed by atoms with van der Waals surface area (Å²) in [4.78, 5) is 26.1. The summed E-state index contributed by atoms with van der Waals surface area (Å²) in [6.07, 6.45) is 2.81. The van der Waals surface area contributed by atoms with Crippen LogP contribution in [-0.2, 0) is 16.1 Å². The van der Waals surface area contributed by atoms with Crippen LogP contribution in [0.5, 0.6) is 0 Å². The first-order chi connectivity index (χ1) is 12.2. The summed E-state index contributed by atoms with van der Waals surface area (Å²) in [5, 5.41) is 2.69. The fraction of sp³-hybridized carbons (Fsp3) is 0.368. The Morgan fingerprint density at radius 2 is 2.00 bits per heavy atom. The minimum absolute atomic E-state index is 0.0652. The van der Waals surface area contributed by atoms with Crippen LogP contribution in [0.2, 0.25) is 0 Å². The molecule has 1 atom stereocenters. The molecule has 0 aliphatic carbocycles. The van der Waals surface area contributed by atoms with E-state index in [1.165, 1.54) is 0 Å². The molecule has 0 saturated heterocycles. The predicted octanol–water partition coefficient (Wildman–Crippen LogP) is 3.02. The number of urea groups is 1. The monoisotopic (exact) mass is 341 g/mol. The van der Waals surface area contributed by atoms with Crippen molar-refractivity contribution in [3.05, 3.63) is 53.9 Å². The molecule has 1 aliphatic heterocycles. The normalized spacial score (nSPS) is 15.8. The van der Waals surface area contributed by atoms with Crippen molar-refractivity contribution in [1.29, 1.82) is 0 Å². The number of para-hydroxylation sites is 1. The van der Waals surface area contributed by atoms with E-state index in [-0.39, 0.29) is 18.6 Å². The highest BCUT2D eigenvalue weighted by atomic mass is 16.5. The molecule has 0 fully saturated rings. The number of hydrogen-bond donors (Lipinski definition) is 1. The van der Waals surface area contributed by atoms with Gasteiger partial charge in [-0.3, -0.25) is 4.79 Å². The van der Waals surface area contributed by atoms with Gasteiger partial charge in [-0.1, -0.05) is 25.1 Å². The SMILES string of the molecule is CCOC(=O)CNC(=O)N1Cc2ccccc2-n2cccc2C1CC. The molecule has 1 unspecified atom stereocenters. The number of benzene rings is 1. The van der Waals surface area contributed by atoms with Gasteiger partial charge < -0.3 is 19.5 Å². The average Bonchev–Trinajstić information content (AvgIpc) is 3.04. The first-order valence-electron chi connectivity index (χ1n) is 8.61. The number of nitrogens with zero attached hydrogens (tertiary/aromatic N) is 2. The molecule has 1 N–H and O–H groups in total. The van der Waals surface area contributed by atoms with E-state index in [0.717, 1.165) is 23.4 Å². The molecule has 0 bridgehead atoms. The number of amides is 2. The van der Waals surface area contributed by atoms with Crippen molar-refractivity contribution in [2.45, 2.75) is 32.9 Å². The summed E-state index contributed by atoms with van der Waals surface area (Å²) in [5.41, 5.74) is 3.22. The van der Waals surface area contributed by atoms with Gasteiger partial charge in [0.05, 0.1) is 24.9 Å². The lowest BCUT2D eigenvalue weighted by molar-refractivity contribution is -0.141. The largest absolute Gasteiger partial charge is 0.465 e. The van der Waals surface area contributed by atoms with Crippen molar-refractivity contribution in [2.75, 3.05) is 13.2 Å². The molecule has 2 heterocycles. The summed E-state index contributed by atoms with van der Waals surface area (Å²) in [6.45, 7) is 4.47. The van der Waals surface area contributed by atoms with E-state index in [2.05, 4.69) is 22.9 Å². The van der Waals surface area contributed by atoms with Gasteiger partial charge in [-0.25, -0.2) is 4.79 Å². The number of carbonyl (C=O) groups excluding carboxylic acids is 2. The first-order valence-corrected chi connectivity index (χ1v) is 8.61. The Balaban J connectivity index is 1.89. The van der Waals surface area contributed by atoms with E-state index in [9.17, 15) is 9.59 Å². The zero-order chi connectivity index (χ0) is 17.8. The fourth-order valence-corrected chi connectivity index (χ4v) is 3.32. The van der Waals surface area contributed by atoms with E-state index in [0.29, 0.717) is 13.2 Å². The summed E-state index contributed by atoms with van der Waals surface area (Å²) in [5.74, 6) is -0.428. The zero-order valence-electron chi connectivity index (χ0n) is 14.6. The van der Waals surface area contributed by atoms with Crippen LogP contribution in [0, 0.1) is 0 Å². The van der Waals surface area contributed by atoms with E-state index in [4.69, 9.17) is 4.74 Å². The maximum atomic E-state index is 12.8. The van der Waals surface area contributed by atoms with Gasteiger partial charge in [0.25, 0.3) is 0 Å². The van der Waals surface area contributed by atoms with Gasteiger partial charge in [0.15, 0.2) is 0 Å². The highest BCUT2D eigenvalue weighted by molar-refractivity contribution is 5.81. The minimum atomic E-state index is -0.428. The van der Waals surface area contributed by atoms with Gasteiger partial charge >= 0.3 is 12.0 Å². The van der Waals surface area contributed by atoms with E-state index >= 15 is 0 Å². The maximum Gasteiger partial charge on any atom is 0.325 e. The van der Waals surface area contributed by atoms with Crippen molar-refractivity contribution in [3.63, 3.8) is 0 Å². The Morgan fingerprint density at radius 3 is 2.76 bits per heavy atom. The molecule has 6 heteroatoms. The maximum absolute atomic E-state index is 12.8. The van der Waals surface area contributed by atoms with Gasteiger partial charge in [-0.2, -0.15) is 0 Å². The Labute approximate surface area is 147 Å². The van der Waals surface area contributed by atoms with E-state index in [1.807, 2.05) is 36.5 Å². The summed E-state index contributed by atoms with van der Waals surface area (Å²) >= 11 is 0.